The summed E-state index contributed by atoms with van der Waals surface area (Å²) in [6, 6.07) is 13.7. The van der Waals surface area contributed by atoms with E-state index in [-0.39, 0.29) is 23.8 Å². The molecule has 1 aromatic carbocycles. The average Bonchev–Trinajstić information content (AvgIpc) is 2.78. The molecule has 1 aliphatic carbocycles. The van der Waals surface area contributed by atoms with Gasteiger partial charge < -0.3 is 14.7 Å². The molecule has 2 atom stereocenters. The molecule has 1 aromatic heterocycles. The summed E-state index contributed by atoms with van der Waals surface area (Å²) < 4.78 is 32.9. The van der Waals surface area contributed by atoms with Gasteiger partial charge in [0.1, 0.15) is 11.6 Å². The molecule has 32 heavy (non-hydrogen) atoms. The number of aromatic hydroxyl groups is 1. The van der Waals surface area contributed by atoms with Crippen molar-refractivity contribution in [2.75, 3.05) is 30.9 Å². The van der Waals surface area contributed by atoms with Crippen molar-refractivity contribution in [2.45, 2.75) is 50.2 Å². The fourth-order valence-electron chi connectivity index (χ4n) is 4.97. The number of aromatic nitrogens is 1. The summed E-state index contributed by atoms with van der Waals surface area (Å²) in [5, 5.41) is 9.81. The third-order valence-electron chi connectivity index (χ3n) is 6.64. The Morgan fingerprint density at radius 3 is 2.56 bits per heavy atom. The fourth-order valence-corrected chi connectivity index (χ4v) is 5.83. The Morgan fingerprint density at radius 1 is 1.12 bits per heavy atom. The van der Waals surface area contributed by atoms with Gasteiger partial charge in [-0.15, -0.1) is 0 Å². The van der Waals surface area contributed by atoms with Crippen molar-refractivity contribution in [3.8, 4) is 5.75 Å². The first-order chi connectivity index (χ1) is 15.4. The Labute approximate surface area is 190 Å². The van der Waals surface area contributed by atoms with Crippen molar-refractivity contribution in [2.24, 2.45) is 5.92 Å². The lowest BCUT2D eigenvalue weighted by molar-refractivity contribution is -0.00213. The van der Waals surface area contributed by atoms with Crippen LogP contribution in [0, 0.1) is 5.92 Å². The molecule has 2 heterocycles. The van der Waals surface area contributed by atoms with Gasteiger partial charge in [0.25, 0.3) is 0 Å². The number of nitrogens with one attached hydrogen (secondary N) is 1. The van der Waals surface area contributed by atoms with Crippen molar-refractivity contribution in [1.82, 2.24) is 9.71 Å². The predicted molar refractivity (Wildman–Crippen MR) is 125 cm³/mol. The van der Waals surface area contributed by atoms with Crippen LogP contribution in [-0.4, -0.2) is 56.6 Å². The number of benzene rings is 1. The van der Waals surface area contributed by atoms with Crippen molar-refractivity contribution in [3.05, 3.63) is 54.2 Å². The maximum absolute atomic E-state index is 11.9. The van der Waals surface area contributed by atoms with E-state index >= 15 is 0 Å². The van der Waals surface area contributed by atoms with Gasteiger partial charge in [-0.3, -0.25) is 0 Å². The monoisotopic (exact) mass is 459 g/mol. The smallest absolute Gasteiger partial charge is 0.208 e. The van der Waals surface area contributed by atoms with Gasteiger partial charge in [-0.25, -0.2) is 18.1 Å². The highest BCUT2D eigenvalue weighted by molar-refractivity contribution is 7.88. The third-order valence-corrected chi connectivity index (χ3v) is 7.37. The number of sulfonamides is 1. The molecule has 7 nitrogen and oxygen atoms in total. The molecule has 2 fully saturated rings. The van der Waals surface area contributed by atoms with Crippen LogP contribution in [-0.2, 0) is 14.8 Å². The zero-order valence-corrected chi connectivity index (χ0v) is 19.4. The highest BCUT2D eigenvalue weighted by atomic mass is 32.2. The Kier molecular flexibility index (Phi) is 7.33. The molecule has 2 aromatic rings. The largest absolute Gasteiger partial charge is 0.508 e. The summed E-state index contributed by atoms with van der Waals surface area (Å²) >= 11 is 0. The predicted octanol–water partition coefficient (Wildman–Crippen LogP) is 3.27. The van der Waals surface area contributed by atoms with Crippen LogP contribution < -0.4 is 9.62 Å². The van der Waals surface area contributed by atoms with Crippen LogP contribution in [0.15, 0.2) is 48.7 Å². The molecular weight excluding hydrogens is 426 g/mol. The van der Waals surface area contributed by atoms with E-state index < -0.39 is 10.0 Å². The van der Waals surface area contributed by atoms with E-state index in [1.54, 1.807) is 18.3 Å². The van der Waals surface area contributed by atoms with Gasteiger partial charge in [-0.1, -0.05) is 30.3 Å². The third kappa shape index (κ3) is 6.21. The van der Waals surface area contributed by atoms with Crippen LogP contribution in [0.4, 0.5) is 5.82 Å². The average molecular weight is 460 g/mol. The maximum atomic E-state index is 11.9. The Hall–Kier alpha value is -2.16. The summed E-state index contributed by atoms with van der Waals surface area (Å²) in [6.07, 6.45) is 7.94. The topological polar surface area (TPSA) is 91.8 Å². The minimum atomic E-state index is -3.31. The van der Waals surface area contributed by atoms with Gasteiger partial charge in [0.2, 0.25) is 10.0 Å². The molecule has 0 bridgehead atoms. The summed E-state index contributed by atoms with van der Waals surface area (Å²) in [7, 11) is -3.31. The van der Waals surface area contributed by atoms with Crippen LogP contribution in [0.2, 0.25) is 0 Å². The normalized spacial score (nSPS) is 26.7. The molecule has 1 saturated carbocycles. The van der Waals surface area contributed by atoms with Crippen LogP contribution in [0.1, 0.15) is 43.6 Å². The number of nitrogens with zero attached hydrogens (tertiary/aromatic N) is 2. The summed E-state index contributed by atoms with van der Waals surface area (Å²) in [5.41, 5.74) is 1.41. The van der Waals surface area contributed by atoms with Crippen LogP contribution in [0.5, 0.6) is 5.75 Å². The van der Waals surface area contributed by atoms with Gasteiger partial charge in [-0.05, 0) is 49.7 Å². The number of rotatable bonds is 7. The van der Waals surface area contributed by atoms with Crippen molar-refractivity contribution >= 4 is 15.8 Å². The Balaban J connectivity index is 1.36. The molecule has 1 saturated heterocycles. The van der Waals surface area contributed by atoms with Crippen molar-refractivity contribution in [3.63, 3.8) is 0 Å². The number of piperidine rings is 1. The van der Waals surface area contributed by atoms with E-state index in [0.29, 0.717) is 37.9 Å². The number of pyridine rings is 1. The molecule has 0 radical (unpaired) electrons. The zero-order valence-electron chi connectivity index (χ0n) is 18.6. The second-order valence-electron chi connectivity index (χ2n) is 9.08. The highest BCUT2D eigenvalue weighted by Gasteiger charge is 2.33. The number of hydrogen-bond acceptors (Lipinski definition) is 6. The standard InChI is InChI=1S/C24H33N3O4S/c1-32(29,30)26-23-12-14-27(24-15-21(28)11-13-25-24)16-20(23)17-31-22-9-7-19(8-10-22)18-5-3-2-4-6-18/h2-6,11,13,15,19-20,22-23,26H,7-10,12,14,16-17H2,1H3,(H,25,28). The second-order valence-corrected chi connectivity index (χ2v) is 10.9. The molecule has 0 amide bonds. The molecule has 8 heteroatoms. The van der Waals surface area contributed by atoms with E-state index in [2.05, 4.69) is 44.9 Å². The van der Waals surface area contributed by atoms with Crippen LogP contribution in [0.3, 0.4) is 0 Å². The van der Waals surface area contributed by atoms with E-state index in [4.69, 9.17) is 4.74 Å². The first-order valence-electron chi connectivity index (χ1n) is 11.4. The van der Waals surface area contributed by atoms with Gasteiger partial charge in [-0.2, -0.15) is 0 Å². The lowest BCUT2D eigenvalue weighted by Gasteiger charge is -2.40. The Morgan fingerprint density at radius 2 is 1.88 bits per heavy atom. The quantitative estimate of drug-likeness (QED) is 0.660. The molecular formula is C24H33N3O4S. The van der Waals surface area contributed by atoms with E-state index in [1.807, 2.05) is 0 Å². The SMILES string of the molecule is CS(=O)(=O)NC1CCN(c2cc(O)ccn2)CC1COC1CCC(c2ccccc2)CC1. The molecule has 4 rings (SSSR count). The molecule has 2 N–H and O–H groups in total. The Bertz CT molecular complexity index is 978. The summed E-state index contributed by atoms with van der Waals surface area (Å²) in [6.45, 7) is 1.80. The van der Waals surface area contributed by atoms with E-state index in [9.17, 15) is 13.5 Å². The minimum Gasteiger partial charge on any atom is -0.508 e. The highest BCUT2D eigenvalue weighted by Crippen LogP contribution is 2.34. The van der Waals surface area contributed by atoms with Crippen molar-refractivity contribution < 1.29 is 18.3 Å². The van der Waals surface area contributed by atoms with Gasteiger partial charge >= 0.3 is 0 Å². The number of ether oxygens (including phenoxy) is 1. The molecule has 174 valence electrons. The molecule has 1 aliphatic heterocycles. The van der Waals surface area contributed by atoms with Gasteiger partial charge in [0.15, 0.2) is 0 Å². The first-order valence-corrected chi connectivity index (χ1v) is 13.3. The van der Waals surface area contributed by atoms with Gasteiger partial charge in [0.05, 0.1) is 19.0 Å². The van der Waals surface area contributed by atoms with Gasteiger partial charge in [0, 0.05) is 37.3 Å². The molecule has 0 spiro atoms. The lowest BCUT2D eigenvalue weighted by atomic mass is 9.82. The zero-order chi connectivity index (χ0) is 22.6. The van der Waals surface area contributed by atoms with E-state index in [1.165, 1.54) is 11.8 Å². The maximum Gasteiger partial charge on any atom is 0.208 e. The molecule has 2 aliphatic rings. The summed E-state index contributed by atoms with van der Waals surface area (Å²) in [5.74, 6) is 1.48. The number of hydrogen-bond donors (Lipinski definition) is 2. The van der Waals surface area contributed by atoms with Crippen LogP contribution in [0.25, 0.3) is 0 Å². The van der Waals surface area contributed by atoms with Crippen molar-refractivity contribution in [1.29, 1.82) is 0 Å². The lowest BCUT2D eigenvalue weighted by Crippen LogP contribution is -2.52. The second kappa shape index (κ2) is 10.2. The summed E-state index contributed by atoms with van der Waals surface area (Å²) in [4.78, 5) is 6.47. The first kappa shape index (κ1) is 23.0. The minimum absolute atomic E-state index is 0.00877. The van der Waals surface area contributed by atoms with E-state index in [0.717, 1.165) is 25.7 Å². The fraction of sp³-hybridized carbons (Fsp3) is 0.542. The van der Waals surface area contributed by atoms with Crippen LogP contribution >= 0.6 is 0 Å². The number of anilines is 1. The molecule has 2 unspecified atom stereocenters.